The molecule has 2 aliphatic rings. The SMILES string of the molecule is CC(C)c1ccc(C2=NN(c3ccccc3)C3(SC(C(=O)c4ccccc4)=NN3c3ccc([N+](=O)[O-])cc3)c3ccccc32)cc1. The maximum atomic E-state index is 14.0. The van der Waals surface area contributed by atoms with Gasteiger partial charge in [0.25, 0.3) is 5.69 Å². The number of para-hydroxylation sites is 1. The number of rotatable bonds is 7. The van der Waals surface area contributed by atoms with E-state index >= 15 is 0 Å². The highest BCUT2D eigenvalue weighted by molar-refractivity contribution is 8.17. The fourth-order valence-corrected chi connectivity index (χ4v) is 7.12. The number of Topliss-reactive ketones (excluding diaryl/α,β-unsaturated/α-hetero) is 1. The van der Waals surface area contributed by atoms with E-state index in [1.54, 1.807) is 29.3 Å². The van der Waals surface area contributed by atoms with Gasteiger partial charge in [-0.3, -0.25) is 14.9 Å². The molecular formula is C37H29N5O3S. The van der Waals surface area contributed by atoms with Crippen LogP contribution in [0, 0.1) is 10.1 Å². The van der Waals surface area contributed by atoms with Crippen LogP contribution < -0.4 is 10.0 Å². The Labute approximate surface area is 270 Å². The van der Waals surface area contributed by atoms with Crippen molar-refractivity contribution in [3.8, 4) is 0 Å². The lowest BCUT2D eigenvalue weighted by Gasteiger charge is -2.47. The molecule has 5 aromatic rings. The number of anilines is 2. The Morgan fingerprint density at radius 3 is 1.98 bits per heavy atom. The van der Waals surface area contributed by atoms with E-state index in [4.69, 9.17) is 10.2 Å². The molecule has 0 radical (unpaired) electrons. The van der Waals surface area contributed by atoms with Gasteiger partial charge in [-0.15, -0.1) is 0 Å². The fourth-order valence-electron chi connectivity index (χ4n) is 5.76. The van der Waals surface area contributed by atoms with Crippen molar-refractivity contribution in [2.75, 3.05) is 10.0 Å². The second-order valence-electron chi connectivity index (χ2n) is 11.3. The predicted molar refractivity (Wildman–Crippen MR) is 185 cm³/mol. The number of hydrogen-bond acceptors (Lipinski definition) is 8. The highest BCUT2D eigenvalue weighted by Crippen LogP contribution is 2.55. The van der Waals surface area contributed by atoms with Crippen molar-refractivity contribution < 1.29 is 9.72 Å². The van der Waals surface area contributed by atoms with Gasteiger partial charge in [-0.1, -0.05) is 111 Å². The molecule has 46 heavy (non-hydrogen) atoms. The van der Waals surface area contributed by atoms with Crippen molar-refractivity contribution in [2.45, 2.75) is 24.8 Å². The molecule has 0 bridgehead atoms. The molecule has 0 saturated heterocycles. The Morgan fingerprint density at radius 2 is 1.33 bits per heavy atom. The minimum atomic E-state index is -1.19. The zero-order valence-electron chi connectivity index (χ0n) is 25.1. The molecule has 8 nitrogen and oxygen atoms in total. The number of thioether (sulfide) groups is 1. The lowest BCUT2D eigenvalue weighted by Crippen LogP contribution is -2.54. The van der Waals surface area contributed by atoms with Crippen molar-refractivity contribution in [3.05, 3.63) is 171 Å². The van der Waals surface area contributed by atoms with Crippen molar-refractivity contribution in [3.63, 3.8) is 0 Å². The number of carbonyl (C=O) groups excluding carboxylic acids is 1. The average molecular weight is 624 g/mol. The first-order valence-corrected chi connectivity index (χ1v) is 15.7. The molecule has 0 fully saturated rings. The third-order valence-electron chi connectivity index (χ3n) is 8.12. The van der Waals surface area contributed by atoms with Crippen molar-refractivity contribution in [2.24, 2.45) is 10.2 Å². The van der Waals surface area contributed by atoms with Crippen LogP contribution in [0.15, 0.2) is 144 Å². The van der Waals surface area contributed by atoms with Crippen LogP contribution in [-0.2, 0) is 4.99 Å². The minimum Gasteiger partial charge on any atom is -0.286 e. The molecule has 2 heterocycles. The number of fused-ring (bicyclic) bond motifs is 2. The van der Waals surface area contributed by atoms with Gasteiger partial charge in [0.1, 0.15) is 0 Å². The van der Waals surface area contributed by atoms with Gasteiger partial charge in [0.15, 0.2) is 5.04 Å². The van der Waals surface area contributed by atoms with Gasteiger partial charge in [0, 0.05) is 34.4 Å². The summed E-state index contributed by atoms with van der Waals surface area (Å²) >= 11 is 1.31. The maximum Gasteiger partial charge on any atom is 0.269 e. The molecule has 2 aliphatic heterocycles. The molecule has 0 N–H and O–H groups in total. The zero-order valence-corrected chi connectivity index (χ0v) is 26.0. The van der Waals surface area contributed by atoms with Crippen molar-refractivity contribution in [1.82, 2.24) is 0 Å². The van der Waals surface area contributed by atoms with E-state index in [9.17, 15) is 14.9 Å². The van der Waals surface area contributed by atoms with Gasteiger partial charge in [-0.2, -0.15) is 10.2 Å². The molecule has 226 valence electrons. The number of nitro benzene ring substituents is 1. The lowest BCUT2D eigenvalue weighted by molar-refractivity contribution is -0.384. The summed E-state index contributed by atoms with van der Waals surface area (Å²) < 4.78 is 0. The van der Waals surface area contributed by atoms with Crippen LogP contribution in [-0.4, -0.2) is 21.5 Å². The zero-order chi connectivity index (χ0) is 31.8. The third-order valence-corrected chi connectivity index (χ3v) is 9.43. The van der Waals surface area contributed by atoms with Gasteiger partial charge in [-0.25, -0.2) is 10.0 Å². The fraction of sp³-hybridized carbons (Fsp3) is 0.108. The second-order valence-corrected chi connectivity index (χ2v) is 12.5. The summed E-state index contributed by atoms with van der Waals surface area (Å²) in [5.74, 6) is 0.167. The number of hydrazone groups is 2. The van der Waals surface area contributed by atoms with E-state index in [2.05, 4.69) is 38.1 Å². The van der Waals surface area contributed by atoms with E-state index < -0.39 is 9.92 Å². The van der Waals surface area contributed by atoms with E-state index in [-0.39, 0.29) is 16.5 Å². The van der Waals surface area contributed by atoms with E-state index in [1.807, 2.05) is 77.8 Å². The number of benzene rings is 5. The Bertz CT molecular complexity index is 2000. The smallest absolute Gasteiger partial charge is 0.269 e. The van der Waals surface area contributed by atoms with Crippen LogP contribution >= 0.6 is 11.8 Å². The molecule has 9 heteroatoms. The summed E-state index contributed by atoms with van der Waals surface area (Å²) in [6.45, 7) is 4.34. The third kappa shape index (κ3) is 4.95. The van der Waals surface area contributed by atoms with Crippen LogP contribution in [0.25, 0.3) is 0 Å². The number of ketones is 1. The van der Waals surface area contributed by atoms with Gasteiger partial charge >= 0.3 is 0 Å². The average Bonchev–Trinajstić information content (AvgIpc) is 3.50. The van der Waals surface area contributed by atoms with Crippen LogP contribution in [0.3, 0.4) is 0 Å². The second kappa shape index (κ2) is 11.8. The minimum absolute atomic E-state index is 0.0386. The summed E-state index contributed by atoms with van der Waals surface area (Å²) in [4.78, 5) is 23.9. The molecule has 1 atom stereocenters. The lowest BCUT2D eigenvalue weighted by atomic mass is 9.92. The van der Waals surface area contributed by atoms with E-state index in [0.717, 1.165) is 28.1 Å². The highest BCUT2D eigenvalue weighted by Gasteiger charge is 2.56. The molecule has 0 aromatic heterocycles. The van der Waals surface area contributed by atoms with Crippen LogP contribution in [0.2, 0.25) is 0 Å². The molecule has 0 aliphatic carbocycles. The van der Waals surface area contributed by atoms with Crippen molar-refractivity contribution >= 4 is 45.4 Å². The molecule has 5 aromatic carbocycles. The molecule has 1 spiro atoms. The van der Waals surface area contributed by atoms with E-state index in [0.29, 0.717) is 17.2 Å². The Morgan fingerprint density at radius 1 is 0.739 bits per heavy atom. The predicted octanol–water partition coefficient (Wildman–Crippen LogP) is 8.55. The highest BCUT2D eigenvalue weighted by atomic mass is 32.2. The number of non-ortho nitro benzene ring substituents is 1. The molecular weight excluding hydrogens is 595 g/mol. The molecule has 0 saturated carbocycles. The molecule has 7 rings (SSSR count). The molecule has 1 unspecified atom stereocenters. The normalized spacial score (nSPS) is 17.1. The Balaban J connectivity index is 1.47. The Kier molecular flexibility index (Phi) is 7.46. The number of nitrogens with zero attached hydrogens (tertiary/aromatic N) is 5. The van der Waals surface area contributed by atoms with Crippen LogP contribution in [0.1, 0.15) is 52.4 Å². The van der Waals surface area contributed by atoms with Gasteiger partial charge in [0.05, 0.1) is 22.0 Å². The largest absolute Gasteiger partial charge is 0.286 e. The maximum absolute atomic E-state index is 14.0. The number of hydrogen-bond donors (Lipinski definition) is 0. The summed E-state index contributed by atoms with van der Waals surface area (Å²) in [5, 5.41) is 25.8. The van der Waals surface area contributed by atoms with Crippen molar-refractivity contribution in [1.29, 1.82) is 0 Å². The topological polar surface area (TPSA) is 91.4 Å². The summed E-state index contributed by atoms with van der Waals surface area (Å²) in [5.41, 5.74) is 6.59. The number of carbonyl (C=O) groups is 1. The molecule has 0 amide bonds. The summed E-state index contributed by atoms with van der Waals surface area (Å²) in [6, 6.07) is 41.6. The number of nitro groups is 1. The first-order chi connectivity index (χ1) is 22.4. The monoisotopic (exact) mass is 623 g/mol. The van der Waals surface area contributed by atoms with Gasteiger partial charge in [0.2, 0.25) is 10.8 Å². The summed E-state index contributed by atoms with van der Waals surface area (Å²) in [6.07, 6.45) is 0. The van der Waals surface area contributed by atoms with Gasteiger partial charge in [-0.05, 0) is 47.5 Å². The first kappa shape index (κ1) is 29.2. The quantitative estimate of drug-likeness (QED) is 0.103. The van der Waals surface area contributed by atoms with E-state index in [1.165, 1.54) is 29.5 Å². The van der Waals surface area contributed by atoms with Crippen LogP contribution in [0.4, 0.5) is 17.1 Å². The van der Waals surface area contributed by atoms with Gasteiger partial charge < -0.3 is 0 Å². The Hall–Kier alpha value is -5.54. The standard InChI is InChI=1S/C37H29N5O3S/c1-25(2)26-17-19-27(20-18-26)34-32-15-9-10-16-33(32)37(40(38-34)29-13-7-4-8-14-29)41(30-21-23-31(24-22-30)42(44)45)39-36(46-37)35(43)28-11-5-3-6-12-28/h3-25H,1-2H3. The first-order valence-electron chi connectivity index (χ1n) is 14.9. The summed E-state index contributed by atoms with van der Waals surface area (Å²) in [7, 11) is 0. The van der Waals surface area contributed by atoms with Crippen LogP contribution in [0.5, 0.6) is 0 Å².